The van der Waals surface area contributed by atoms with E-state index in [1.54, 1.807) is 0 Å². The molecule has 0 radical (unpaired) electrons. The molecular formula is C13H29B2NO2. The van der Waals surface area contributed by atoms with Gasteiger partial charge in [0.25, 0.3) is 0 Å². The van der Waals surface area contributed by atoms with Gasteiger partial charge in [-0.1, -0.05) is 40.0 Å². The molecule has 0 aliphatic rings. The van der Waals surface area contributed by atoms with Crippen LogP contribution < -0.4 is 0 Å². The highest BCUT2D eigenvalue weighted by Crippen LogP contribution is 2.18. The molecule has 5 heteroatoms. The smallest absolute Gasteiger partial charge is 0.165 e. The molecule has 0 aromatic heterocycles. The molecule has 0 aliphatic carbocycles. The van der Waals surface area contributed by atoms with E-state index in [4.69, 9.17) is 0 Å². The van der Waals surface area contributed by atoms with Crippen molar-refractivity contribution >= 4 is 20.8 Å². The molecule has 104 valence electrons. The lowest BCUT2D eigenvalue weighted by molar-refractivity contribution is -0.128. The maximum absolute atomic E-state index is 12.1. The van der Waals surface area contributed by atoms with E-state index in [0.29, 0.717) is 20.3 Å². The number of hydrogen-bond donors (Lipinski definition) is 1. The zero-order valence-corrected chi connectivity index (χ0v) is 12.8. The highest BCUT2D eigenvalue weighted by Gasteiger charge is 2.29. The molecule has 0 bridgehead atoms. The van der Waals surface area contributed by atoms with Crippen molar-refractivity contribution in [1.29, 1.82) is 0 Å². The Kier molecular flexibility index (Phi) is 8.62. The summed E-state index contributed by atoms with van der Waals surface area (Å²) in [6, 6.07) is 0. The summed E-state index contributed by atoms with van der Waals surface area (Å²) in [4.78, 5) is 14.0. The zero-order chi connectivity index (χ0) is 14.2. The van der Waals surface area contributed by atoms with Crippen LogP contribution in [0.25, 0.3) is 0 Å². The lowest BCUT2D eigenvalue weighted by Gasteiger charge is -2.36. The Morgan fingerprint density at radius 3 is 2.50 bits per heavy atom. The molecule has 18 heavy (non-hydrogen) atoms. The van der Waals surface area contributed by atoms with E-state index < -0.39 is 5.72 Å². The lowest BCUT2D eigenvalue weighted by atomic mass is 9.63. The number of carbonyl (C=O) groups excluding carboxylic acids is 1. The van der Waals surface area contributed by atoms with Crippen LogP contribution >= 0.6 is 0 Å². The predicted octanol–water partition coefficient (Wildman–Crippen LogP) is 1.09. The van der Waals surface area contributed by atoms with Crippen LogP contribution in [0, 0.1) is 5.92 Å². The van der Waals surface area contributed by atoms with Crippen molar-refractivity contribution in [2.75, 3.05) is 6.54 Å². The first-order chi connectivity index (χ1) is 8.38. The summed E-state index contributed by atoms with van der Waals surface area (Å²) in [5.74, 6) is 0.359. The molecule has 0 spiro atoms. The number of carbonyl (C=O) groups is 1. The standard InChI is InChI=1S/C13H29B2NO2/c1-5-7-8-11(3)12(17)10-16(15-14)13(4,18)9-6-2/h11,15,18H,5-10,14H2,1-4H3. The van der Waals surface area contributed by atoms with E-state index in [-0.39, 0.29) is 11.7 Å². The molecule has 0 aromatic carbocycles. The van der Waals surface area contributed by atoms with E-state index in [1.165, 1.54) is 0 Å². The quantitative estimate of drug-likeness (QED) is 0.468. The van der Waals surface area contributed by atoms with Crippen LogP contribution in [0.2, 0.25) is 0 Å². The molecular weight excluding hydrogens is 224 g/mol. The van der Waals surface area contributed by atoms with Crippen molar-refractivity contribution in [3.05, 3.63) is 0 Å². The van der Waals surface area contributed by atoms with Gasteiger partial charge in [0.15, 0.2) is 7.31 Å². The summed E-state index contributed by atoms with van der Waals surface area (Å²) >= 11 is 0. The topological polar surface area (TPSA) is 40.5 Å². The largest absolute Gasteiger partial charge is 0.377 e. The molecule has 0 saturated heterocycles. The summed E-state index contributed by atoms with van der Waals surface area (Å²) in [7, 11) is 2.70. The average Bonchev–Trinajstić information content (AvgIpc) is 2.32. The van der Waals surface area contributed by atoms with Gasteiger partial charge in [0.05, 0.1) is 7.74 Å². The van der Waals surface area contributed by atoms with E-state index in [1.807, 2.05) is 33.3 Å². The average molecular weight is 253 g/mol. The van der Waals surface area contributed by atoms with Crippen molar-refractivity contribution in [2.24, 2.45) is 5.92 Å². The van der Waals surface area contributed by atoms with Gasteiger partial charge in [-0.2, -0.15) is 0 Å². The molecule has 0 amide bonds. The van der Waals surface area contributed by atoms with Gasteiger partial charge in [-0.15, -0.1) is 0 Å². The number of rotatable bonds is 10. The van der Waals surface area contributed by atoms with E-state index in [2.05, 4.69) is 6.92 Å². The summed E-state index contributed by atoms with van der Waals surface area (Å²) in [6.07, 6.45) is 4.82. The maximum atomic E-state index is 12.1. The number of Topliss-reactive ketones (excluding diaryl/α,β-unsaturated/α-hetero) is 1. The Hall–Kier alpha value is -0.280. The molecule has 0 rings (SSSR count). The molecule has 0 aromatic rings. The lowest BCUT2D eigenvalue weighted by Crippen LogP contribution is -2.51. The number of unbranched alkanes of at least 4 members (excludes halogenated alkanes) is 1. The summed E-state index contributed by atoms with van der Waals surface area (Å²) in [5.41, 5.74) is -0.858. The number of nitrogens with zero attached hydrogens (tertiary/aromatic N) is 1. The minimum atomic E-state index is -0.858. The second-order valence-corrected chi connectivity index (χ2v) is 5.49. The Bertz CT molecular complexity index is 247. The predicted molar refractivity (Wildman–Crippen MR) is 81.6 cm³/mol. The van der Waals surface area contributed by atoms with Crippen molar-refractivity contribution in [3.8, 4) is 0 Å². The monoisotopic (exact) mass is 253 g/mol. The zero-order valence-electron chi connectivity index (χ0n) is 12.8. The second kappa shape index (κ2) is 8.76. The third kappa shape index (κ3) is 6.05. The summed E-state index contributed by atoms with van der Waals surface area (Å²) in [5, 5.41) is 10.4. The van der Waals surface area contributed by atoms with Gasteiger partial charge in [-0.25, -0.2) is 0 Å². The third-order valence-electron chi connectivity index (χ3n) is 3.67. The van der Waals surface area contributed by atoms with E-state index in [9.17, 15) is 9.90 Å². The van der Waals surface area contributed by atoms with Gasteiger partial charge < -0.3 is 9.92 Å². The first-order valence-electron chi connectivity index (χ1n) is 7.39. The molecule has 0 saturated carbocycles. The first-order valence-corrected chi connectivity index (χ1v) is 7.39. The van der Waals surface area contributed by atoms with Crippen LogP contribution in [0.4, 0.5) is 0 Å². The SMILES string of the molecule is BBN(CC(=O)C(C)CCCC)C(C)(O)CCC. The molecule has 1 N–H and O–H groups in total. The third-order valence-corrected chi connectivity index (χ3v) is 3.67. The number of aliphatic hydroxyl groups is 1. The maximum Gasteiger partial charge on any atom is 0.165 e. The van der Waals surface area contributed by atoms with Gasteiger partial charge in [0.2, 0.25) is 0 Å². The Morgan fingerprint density at radius 2 is 2.06 bits per heavy atom. The van der Waals surface area contributed by atoms with Crippen molar-refractivity contribution in [1.82, 2.24) is 4.81 Å². The van der Waals surface area contributed by atoms with Crippen LogP contribution in [0.3, 0.4) is 0 Å². The van der Waals surface area contributed by atoms with Gasteiger partial charge in [0.1, 0.15) is 11.5 Å². The van der Waals surface area contributed by atoms with Crippen molar-refractivity contribution in [3.63, 3.8) is 0 Å². The van der Waals surface area contributed by atoms with Gasteiger partial charge in [-0.05, 0) is 19.8 Å². The fraction of sp³-hybridized carbons (Fsp3) is 0.923. The van der Waals surface area contributed by atoms with E-state index >= 15 is 0 Å². The fourth-order valence-electron chi connectivity index (χ4n) is 2.27. The molecule has 0 heterocycles. The fourth-order valence-corrected chi connectivity index (χ4v) is 2.27. The Labute approximate surface area is 114 Å². The van der Waals surface area contributed by atoms with Gasteiger partial charge in [-0.3, -0.25) is 4.79 Å². The molecule has 0 aliphatic heterocycles. The molecule has 3 nitrogen and oxygen atoms in total. The number of ketones is 1. The van der Waals surface area contributed by atoms with Crippen LogP contribution in [0.15, 0.2) is 0 Å². The number of hydrogen-bond acceptors (Lipinski definition) is 3. The summed E-state index contributed by atoms with van der Waals surface area (Å²) in [6.45, 7) is 8.37. The van der Waals surface area contributed by atoms with Crippen molar-refractivity contribution in [2.45, 2.75) is 65.5 Å². The first kappa shape index (κ1) is 17.7. The highest BCUT2D eigenvalue weighted by atomic mass is 16.3. The molecule has 2 atom stereocenters. The minimum absolute atomic E-state index is 0.108. The van der Waals surface area contributed by atoms with Crippen LogP contribution in [0.1, 0.15) is 59.8 Å². The van der Waals surface area contributed by atoms with Gasteiger partial charge in [0, 0.05) is 12.5 Å². The van der Waals surface area contributed by atoms with Crippen LogP contribution in [-0.4, -0.2) is 43.0 Å². The summed E-state index contributed by atoms with van der Waals surface area (Å²) < 4.78 is 0. The normalized spacial score (nSPS) is 16.3. The van der Waals surface area contributed by atoms with Crippen LogP contribution in [-0.2, 0) is 4.79 Å². The molecule has 0 fully saturated rings. The van der Waals surface area contributed by atoms with Crippen molar-refractivity contribution < 1.29 is 9.90 Å². The van der Waals surface area contributed by atoms with Crippen LogP contribution in [0.5, 0.6) is 0 Å². The Balaban J connectivity index is 4.39. The minimum Gasteiger partial charge on any atom is -0.377 e. The highest BCUT2D eigenvalue weighted by molar-refractivity contribution is 6.87. The Morgan fingerprint density at radius 1 is 1.44 bits per heavy atom. The second-order valence-electron chi connectivity index (χ2n) is 5.49. The van der Waals surface area contributed by atoms with Gasteiger partial charge >= 0.3 is 0 Å². The van der Waals surface area contributed by atoms with E-state index in [0.717, 1.165) is 25.7 Å². The molecule has 2 unspecified atom stereocenters.